The molecule has 0 saturated heterocycles. The Morgan fingerprint density at radius 3 is 2.60 bits per heavy atom. The molecule has 0 saturated carbocycles. The highest BCUT2D eigenvalue weighted by Crippen LogP contribution is 2.41. The standard InChI is InChI=1S/C16H22BrNO2/c1-15(2,3)20-14(19)18-9-8-16(4,5)12-7-6-11(17)10-13(12)18/h6-7,10H,8-9H2,1-5H3. The molecule has 0 bridgehead atoms. The van der Waals surface area contributed by atoms with Crippen LogP contribution in [-0.4, -0.2) is 18.2 Å². The summed E-state index contributed by atoms with van der Waals surface area (Å²) in [6, 6.07) is 6.12. The minimum absolute atomic E-state index is 0.0779. The smallest absolute Gasteiger partial charge is 0.414 e. The third kappa shape index (κ3) is 3.17. The van der Waals surface area contributed by atoms with Crippen LogP contribution in [0.2, 0.25) is 0 Å². The number of rotatable bonds is 0. The van der Waals surface area contributed by atoms with Gasteiger partial charge >= 0.3 is 6.09 Å². The van der Waals surface area contributed by atoms with E-state index in [4.69, 9.17) is 4.74 Å². The molecule has 1 aliphatic rings. The highest BCUT2D eigenvalue weighted by molar-refractivity contribution is 9.10. The summed E-state index contributed by atoms with van der Waals surface area (Å²) in [4.78, 5) is 14.1. The van der Waals surface area contributed by atoms with E-state index in [0.29, 0.717) is 6.54 Å². The van der Waals surface area contributed by atoms with Gasteiger partial charge in [0.1, 0.15) is 5.60 Å². The van der Waals surface area contributed by atoms with Crippen LogP contribution in [0.1, 0.15) is 46.6 Å². The Morgan fingerprint density at radius 2 is 2.00 bits per heavy atom. The maximum atomic E-state index is 12.4. The normalized spacial score (nSPS) is 17.6. The second kappa shape index (κ2) is 5.06. The van der Waals surface area contributed by atoms with E-state index in [1.165, 1.54) is 5.56 Å². The number of ether oxygens (including phenoxy) is 1. The van der Waals surface area contributed by atoms with Crippen molar-refractivity contribution in [2.24, 2.45) is 0 Å². The van der Waals surface area contributed by atoms with Gasteiger partial charge in [0.25, 0.3) is 0 Å². The first-order valence-corrected chi connectivity index (χ1v) is 7.70. The van der Waals surface area contributed by atoms with Gasteiger partial charge in [0.05, 0.1) is 5.69 Å². The van der Waals surface area contributed by atoms with Crippen molar-refractivity contribution in [1.82, 2.24) is 0 Å². The molecule has 0 fully saturated rings. The second-order valence-electron chi connectivity index (χ2n) is 6.93. The monoisotopic (exact) mass is 339 g/mol. The van der Waals surface area contributed by atoms with E-state index in [0.717, 1.165) is 16.6 Å². The minimum Gasteiger partial charge on any atom is -0.443 e. The first kappa shape index (κ1) is 15.4. The molecule has 0 atom stereocenters. The maximum Gasteiger partial charge on any atom is 0.414 e. The molecule has 1 heterocycles. The molecule has 20 heavy (non-hydrogen) atoms. The quantitative estimate of drug-likeness (QED) is 0.674. The molecule has 0 radical (unpaired) electrons. The molecule has 110 valence electrons. The molecule has 1 amide bonds. The first-order valence-electron chi connectivity index (χ1n) is 6.91. The zero-order valence-electron chi connectivity index (χ0n) is 12.8. The fraction of sp³-hybridized carbons (Fsp3) is 0.562. The maximum absolute atomic E-state index is 12.4. The number of fused-ring (bicyclic) bond motifs is 1. The van der Waals surface area contributed by atoms with Crippen molar-refractivity contribution in [3.05, 3.63) is 28.2 Å². The molecule has 0 aliphatic carbocycles. The second-order valence-corrected chi connectivity index (χ2v) is 7.84. The van der Waals surface area contributed by atoms with Crippen LogP contribution in [0.25, 0.3) is 0 Å². The summed E-state index contributed by atoms with van der Waals surface area (Å²) in [6.07, 6.45) is 0.660. The number of hydrogen-bond donors (Lipinski definition) is 0. The van der Waals surface area contributed by atoms with E-state index in [1.807, 2.05) is 32.9 Å². The summed E-state index contributed by atoms with van der Waals surface area (Å²) < 4.78 is 6.49. The topological polar surface area (TPSA) is 29.5 Å². The van der Waals surface area contributed by atoms with Crippen molar-refractivity contribution < 1.29 is 9.53 Å². The number of anilines is 1. The molecule has 1 aromatic rings. The molecule has 0 unspecified atom stereocenters. The Hall–Kier alpha value is -1.03. The van der Waals surface area contributed by atoms with Crippen LogP contribution >= 0.6 is 15.9 Å². The van der Waals surface area contributed by atoms with Gasteiger partial charge in [0.15, 0.2) is 0 Å². The lowest BCUT2D eigenvalue weighted by atomic mass is 9.78. The van der Waals surface area contributed by atoms with E-state index in [2.05, 4.69) is 35.8 Å². The van der Waals surface area contributed by atoms with E-state index in [1.54, 1.807) is 4.90 Å². The van der Waals surface area contributed by atoms with Crippen LogP contribution < -0.4 is 4.90 Å². The van der Waals surface area contributed by atoms with Crippen LogP contribution in [0.5, 0.6) is 0 Å². The van der Waals surface area contributed by atoms with Crippen LogP contribution in [0.3, 0.4) is 0 Å². The number of halogens is 1. The Bertz CT molecular complexity index is 532. The highest BCUT2D eigenvalue weighted by atomic mass is 79.9. The summed E-state index contributed by atoms with van der Waals surface area (Å²) >= 11 is 3.49. The molecule has 3 nitrogen and oxygen atoms in total. The molecule has 1 aromatic carbocycles. The van der Waals surface area contributed by atoms with Gasteiger partial charge < -0.3 is 4.74 Å². The average molecular weight is 340 g/mol. The van der Waals surface area contributed by atoms with Gasteiger partial charge in [-0.2, -0.15) is 0 Å². The van der Waals surface area contributed by atoms with E-state index < -0.39 is 5.60 Å². The number of amides is 1. The SMILES string of the molecule is CC(C)(C)OC(=O)N1CCC(C)(C)c2ccc(Br)cc21. The zero-order chi connectivity index (χ0) is 15.1. The third-order valence-electron chi connectivity index (χ3n) is 3.55. The molecule has 2 rings (SSSR count). The van der Waals surface area contributed by atoms with Crippen LogP contribution in [0.4, 0.5) is 10.5 Å². The van der Waals surface area contributed by atoms with Crippen LogP contribution in [0, 0.1) is 0 Å². The van der Waals surface area contributed by atoms with Crippen molar-refractivity contribution in [3.8, 4) is 0 Å². The first-order chi connectivity index (χ1) is 9.10. The molecule has 4 heteroatoms. The lowest BCUT2D eigenvalue weighted by Gasteiger charge is -2.39. The Kier molecular flexibility index (Phi) is 3.89. The molecule has 1 aliphatic heterocycles. The van der Waals surface area contributed by atoms with Gasteiger partial charge in [-0.15, -0.1) is 0 Å². The van der Waals surface area contributed by atoms with Crippen LogP contribution in [0.15, 0.2) is 22.7 Å². The van der Waals surface area contributed by atoms with Gasteiger partial charge in [-0.1, -0.05) is 35.8 Å². The van der Waals surface area contributed by atoms with E-state index in [-0.39, 0.29) is 11.5 Å². The van der Waals surface area contributed by atoms with Gasteiger partial charge in [0.2, 0.25) is 0 Å². The number of benzene rings is 1. The van der Waals surface area contributed by atoms with Crippen molar-refractivity contribution >= 4 is 27.7 Å². The summed E-state index contributed by atoms with van der Waals surface area (Å²) in [5.74, 6) is 0. The minimum atomic E-state index is -0.476. The summed E-state index contributed by atoms with van der Waals surface area (Å²) in [5.41, 5.74) is 1.74. The molecular formula is C16H22BrNO2. The van der Waals surface area contributed by atoms with Gasteiger partial charge in [-0.3, -0.25) is 4.90 Å². The highest BCUT2D eigenvalue weighted by Gasteiger charge is 2.35. The van der Waals surface area contributed by atoms with E-state index >= 15 is 0 Å². The zero-order valence-corrected chi connectivity index (χ0v) is 14.4. The Labute approximate surface area is 129 Å². The number of hydrogen-bond acceptors (Lipinski definition) is 2. The molecular weight excluding hydrogens is 318 g/mol. The summed E-state index contributed by atoms with van der Waals surface area (Å²) in [5, 5.41) is 0. The predicted octanol–water partition coefficient (Wildman–Crippen LogP) is 4.87. The Balaban J connectivity index is 2.39. The Morgan fingerprint density at radius 1 is 1.35 bits per heavy atom. The third-order valence-corrected chi connectivity index (χ3v) is 4.05. The average Bonchev–Trinajstić information content (AvgIpc) is 2.25. The summed E-state index contributed by atoms with van der Waals surface area (Å²) in [6.45, 7) is 10.8. The number of nitrogens with zero attached hydrogens (tertiary/aromatic N) is 1. The molecule has 0 aromatic heterocycles. The fourth-order valence-electron chi connectivity index (χ4n) is 2.45. The molecule has 0 spiro atoms. The lowest BCUT2D eigenvalue weighted by molar-refractivity contribution is 0.0574. The largest absolute Gasteiger partial charge is 0.443 e. The van der Waals surface area contributed by atoms with Crippen LogP contribution in [-0.2, 0) is 10.2 Å². The van der Waals surface area contributed by atoms with Gasteiger partial charge in [0, 0.05) is 11.0 Å². The molecule has 0 N–H and O–H groups in total. The number of carbonyl (C=O) groups is 1. The summed E-state index contributed by atoms with van der Waals surface area (Å²) in [7, 11) is 0. The fourth-order valence-corrected chi connectivity index (χ4v) is 2.80. The van der Waals surface area contributed by atoms with Crippen molar-refractivity contribution in [2.75, 3.05) is 11.4 Å². The van der Waals surface area contributed by atoms with Gasteiger partial charge in [-0.05, 0) is 50.3 Å². The lowest BCUT2D eigenvalue weighted by Crippen LogP contribution is -2.43. The van der Waals surface area contributed by atoms with E-state index in [9.17, 15) is 4.79 Å². The van der Waals surface area contributed by atoms with Crippen molar-refractivity contribution in [2.45, 2.75) is 52.1 Å². The van der Waals surface area contributed by atoms with Crippen molar-refractivity contribution in [1.29, 1.82) is 0 Å². The van der Waals surface area contributed by atoms with Gasteiger partial charge in [-0.25, -0.2) is 4.79 Å². The number of carbonyl (C=O) groups excluding carboxylic acids is 1. The predicted molar refractivity (Wildman–Crippen MR) is 85.4 cm³/mol. The van der Waals surface area contributed by atoms with Crippen molar-refractivity contribution in [3.63, 3.8) is 0 Å².